The van der Waals surface area contributed by atoms with Crippen LogP contribution in [0.2, 0.25) is 0 Å². The maximum Gasteiger partial charge on any atom is 0.0787 e. The molecule has 36 heavy (non-hydrogen) atoms. The number of hydrogen-bond donors (Lipinski definition) is 0. The van der Waals surface area contributed by atoms with E-state index < -0.39 is 0 Å². The summed E-state index contributed by atoms with van der Waals surface area (Å²) in [5.74, 6) is 0. The summed E-state index contributed by atoms with van der Waals surface area (Å²) in [6.45, 7) is 4.37. The van der Waals surface area contributed by atoms with E-state index in [0.29, 0.717) is 0 Å². The molecule has 0 atom stereocenters. The van der Waals surface area contributed by atoms with E-state index in [2.05, 4.69) is 98.8 Å². The number of rotatable bonds is 1. The first-order valence-corrected chi connectivity index (χ1v) is 12.4. The third-order valence-electron chi connectivity index (χ3n) is 7.80. The van der Waals surface area contributed by atoms with Gasteiger partial charge in [-0.15, -0.1) is 0 Å². The Morgan fingerprint density at radius 3 is 2.36 bits per heavy atom. The molecule has 0 N–H and O–H groups in total. The van der Waals surface area contributed by atoms with Gasteiger partial charge in [0.1, 0.15) is 0 Å². The molecule has 0 spiro atoms. The molecule has 0 unspecified atom stereocenters. The maximum atomic E-state index is 5.10. The number of aryl methyl sites for hydroxylation is 2. The standard InChI is InChI=1S/C34H22N2/c1-19-9-12-22-25(16-19)28(31-14-11-21-6-3-4-8-30(21)36-31)17-27-23-13-10-20(2)32-24-7-5-15-35-34(24)29(33(23)32)18-26(22)27/h3-18H,1-2H3. The summed E-state index contributed by atoms with van der Waals surface area (Å²) in [4.78, 5) is 9.92. The predicted octanol–water partition coefficient (Wildman–Crippen LogP) is 9.02. The van der Waals surface area contributed by atoms with Crippen LogP contribution in [0.15, 0.2) is 97.2 Å². The molecule has 7 aromatic rings. The first-order valence-electron chi connectivity index (χ1n) is 12.4. The van der Waals surface area contributed by atoms with E-state index in [1.807, 2.05) is 12.3 Å². The molecule has 2 aromatic heterocycles. The summed E-state index contributed by atoms with van der Waals surface area (Å²) < 4.78 is 0. The highest BCUT2D eigenvalue weighted by molar-refractivity contribution is 6.28. The fourth-order valence-electron chi connectivity index (χ4n) is 6.15. The van der Waals surface area contributed by atoms with E-state index in [1.165, 1.54) is 65.7 Å². The molecular formula is C34H22N2. The second-order valence-corrected chi connectivity index (χ2v) is 9.96. The SMILES string of the molecule is Cc1ccc2c(c1)c(-c1ccc3ccccc3n1)cc1c3ccc(C)c4c3c(cc21)-c1ncccc1-4. The van der Waals surface area contributed by atoms with Crippen molar-refractivity contribution >= 4 is 43.2 Å². The van der Waals surface area contributed by atoms with E-state index in [1.54, 1.807) is 0 Å². The molecule has 2 nitrogen and oxygen atoms in total. The average molecular weight is 459 g/mol. The average Bonchev–Trinajstić information content (AvgIpc) is 3.25. The third-order valence-corrected chi connectivity index (χ3v) is 7.80. The lowest BCUT2D eigenvalue weighted by molar-refractivity contribution is 1.34. The highest BCUT2D eigenvalue weighted by atomic mass is 14.7. The minimum atomic E-state index is 1.01. The molecule has 2 heteroatoms. The molecule has 2 heterocycles. The van der Waals surface area contributed by atoms with Gasteiger partial charge in [0, 0.05) is 28.3 Å². The predicted molar refractivity (Wildman–Crippen MR) is 151 cm³/mol. The largest absolute Gasteiger partial charge is 0.256 e. The van der Waals surface area contributed by atoms with E-state index >= 15 is 0 Å². The second-order valence-electron chi connectivity index (χ2n) is 9.96. The van der Waals surface area contributed by atoms with Gasteiger partial charge in [0.05, 0.1) is 16.9 Å². The summed E-state index contributed by atoms with van der Waals surface area (Å²) in [5.41, 5.74) is 10.6. The zero-order valence-electron chi connectivity index (χ0n) is 20.1. The van der Waals surface area contributed by atoms with E-state index in [0.717, 1.165) is 22.3 Å². The van der Waals surface area contributed by atoms with Crippen LogP contribution in [0, 0.1) is 13.8 Å². The molecule has 1 aliphatic rings. The van der Waals surface area contributed by atoms with Crippen molar-refractivity contribution in [3.63, 3.8) is 0 Å². The van der Waals surface area contributed by atoms with Gasteiger partial charge >= 0.3 is 0 Å². The van der Waals surface area contributed by atoms with Crippen molar-refractivity contribution in [2.75, 3.05) is 0 Å². The fraction of sp³-hybridized carbons (Fsp3) is 0.0588. The molecule has 0 amide bonds. The molecule has 168 valence electrons. The molecule has 0 aliphatic heterocycles. The van der Waals surface area contributed by atoms with Crippen molar-refractivity contribution in [2.24, 2.45) is 0 Å². The molecule has 5 aromatic carbocycles. The number of para-hydroxylation sites is 1. The van der Waals surface area contributed by atoms with Crippen molar-refractivity contribution in [3.05, 3.63) is 108 Å². The summed E-state index contributed by atoms with van der Waals surface area (Å²) >= 11 is 0. The van der Waals surface area contributed by atoms with Crippen LogP contribution in [0.3, 0.4) is 0 Å². The Hall–Kier alpha value is -4.56. The minimum Gasteiger partial charge on any atom is -0.256 e. The first-order chi connectivity index (χ1) is 17.7. The zero-order valence-corrected chi connectivity index (χ0v) is 20.1. The quantitative estimate of drug-likeness (QED) is 0.229. The number of fused-ring (bicyclic) bond motifs is 8. The van der Waals surface area contributed by atoms with Gasteiger partial charge in [0.15, 0.2) is 0 Å². The molecule has 0 saturated carbocycles. The number of nitrogens with zero attached hydrogens (tertiary/aromatic N) is 2. The first kappa shape index (κ1) is 19.7. The van der Waals surface area contributed by atoms with Gasteiger partial charge < -0.3 is 0 Å². The Morgan fingerprint density at radius 2 is 1.42 bits per heavy atom. The van der Waals surface area contributed by atoms with E-state index in [4.69, 9.17) is 9.97 Å². The van der Waals surface area contributed by atoms with Gasteiger partial charge in [-0.1, -0.05) is 66.2 Å². The molecule has 0 saturated heterocycles. The Kier molecular flexibility index (Phi) is 3.83. The number of hydrogen-bond acceptors (Lipinski definition) is 2. The smallest absolute Gasteiger partial charge is 0.0787 e. The summed E-state index contributed by atoms with van der Waals surface area (Å²) in [6.07, 6.45) is 1.91. The van der Waals surface area contributed by atoms with Crippen molar-refractivity contribution in [3.8, 4) is 33.6 Å². The summed E-state index contributed by atoms with van der Waals surface area (Å²) in [5, 5.41) is 8.80. The maximum absolute atomic E-state index is 5.10. The lowest BCUT2D eigenvalue weighted by atomic mass is 9.89. The highest BCUT2D eigenvalue weighted by Crippen LogP contribution is 2.51. The van der Waals surface area contributed by atoms with Crippen molar-refractivity contribution in [1.82, 2.24) is 9.97 Å². The van der Waals surface area contributed by atoms with Gasteiger partial charge in [-0.2, -0.15) is 0 Å². The van der Waals surface area contributed by atoms with Gasteiger partial charge in [-0.25, -0.2) is 4.98 Å². The van der Waals surface area contributed by atoms with E-state index in [-0.39, 0.29) is 0 Å². The van der Waals surface area contributed by atoms with Gasteiger partial charge in [0.25, 0.3) is 0 Å². The van der Waals surface area contributed by atoms with Crippen LogP contribution in [-0.4, -0.2) is 9.97 Å². The molecule has 1 aliphatic carbocycles. The van der Waals surface area contributed by atoms with Crippen LogP contribution in [0.1, 0.15) is 11.1 Å². The number of pyridine rings is 2. The van der Waals surface area contributed by atoms with Crippen molar-refractivity contribution in [1.29, 1.82) is 0 Å². The minimum absolute atomic E-state index is 1.01. The van der Waals surface area contributed by atoms with Crippen molar-refractivity contribution < 1.29 is 0 Å². The van der Waals surface area contributed by atoms with Crippen LogP contribution in [0.5, 0.6) is 0 Å². The van der Waals surface area contributed by atoms with Crippen LogP contribution in [-0.2, 0) is 0 Å². The Morgan fingerprint density at radius 1 is 0.583 bits per heavy atom. The third kappa shape index (κ3) is 2.56. The van der Waals surface area contributed by atoms with E-state index in [9.17, 15) is 0 Å². The molecule has 0 radical (unpaired) electrons. The lowest BCUT2D eigenvalue weighted by Gasteiger charge is -2.15. The Labute approximate surface area is 208 Å². The van der Waals surface area contributed by atoms with Crippen LogP contribution >= 0.6 is 0 Å². The van der Waals surface area contributed by atoms with Gasteiger partial charge in [-0.3, -0.25) is 4.98 Å². The van der Waals surface area contributed by atoms with Crippen LogP contribution in [0.4, 0.5) is 0 Å². The molecule has 0 fully saturated rings. The van der Waals surface area contributed by atoms with Gasteiger partial charge in [0.2, 0.25) is 0 Å². The summed E-state index contributed by atoms with van der Waals surface area (Å²) in [6, 6.07) is 33.0. The highest BCUT2D eigenvalue weighted by Gasteiger charge is 2.26. The fourth-order valence-corrected chi connectivity index (χ4v) is 6.15. The van der Waals surface area contributed by atoms with Gasteiger partial charge in [-0.05, 0) is 87.6 Å². The monoisotopic (exact) mass is 458 g/mol. The zero-order chi connectivity index (χ0) is 24.0. The van der Waals surface area contributed by atoms with Crippen LogP contribution in [0.25, 0.3) is 76.9 Å². The summed E-state index contributed by atoms with van der Waals surface area (Å²) in [7, 11) is 0. The Bertz CT molecular complexity index is 2070. The normalized spacial score (nSPS) is 12.2. The molecule has 8 rings (SSSR count). The van der Waals surface area contributed by atoms with Crippen molar-refractivity contribution in [2.45, 2.75) is 13.8 Å². The lowest BCUT2D eigenvalue weighted by Crippen LogP contribution is -1.91. The number of benzene rings is 5. The Balaban J connectivity index is 1.56. The molecular weight excluding hydrogens is 436 g/mol. The topological polar surface area (TPSA) is 25.8 Å². The second kappa shape index (κ2) is 6.99. The van der Waals surface area contributed by atoms with Crippen LogP contribution < -0.4 is 0 Å². The molecule has 0 bridgehead atoms. The number of aromatic nitrogens is 2.